The van der Waals surface area contributed by atoms with E-state index in [1.807, 2.05) is 6.07 Å². The first-order chi connectivity index (χ1) is 9.34. The number of nitrogens with two attached hydrogens (primary N) is 1. The number of hydrogen-bond acceptors (Lipinski definition) is 3. The molecule has 0 bridgehead atoms. The van der Waals surface area contributed by atoms with Gasteiger partial charge in [0.2, 0.25) is 0 Å². The molecule has 0 aliphatic heterocycles. The van der Waals surface area contributed by atoms with Crippen molar-refractivity contribution in [1.29, 1.82) is 0 Å². The van der Waals surface area contributed by atoms with Gasteiger partial charge in [-0.25, -0.2) is 12.8 Å². The van der Waals surface area contributed by atoms with Crippen LogP contribution in [0.3, 0.4) is 0 Å². The Morgan fingerprint density at radius 1 is 1.15 bits per heavy atom. The molecule has 0 radical (unpaired) electrons. The minimum atomic E-state index is -3.90. The second-order valence-electron chi connectivity index (χ2n) is 4.44. The Morgan fingerprint density at radius 2 is 1.80 bits per heavy atom. The average Bonchev–Trinajstić information content (AvgIpc) is 2.41. The predicted molar refractivity (Wildman–Crippen MR) is 77.6 cm³/mol. The molecule has 0 saturated carbocycles. The molecule has 106 valence electrons. The molecule has 2 aromatic carbocycles. The molecule has 0 aromatic heterocycles. The molecule has 0 spiro atoms. The van der Waals surface area contributed by atoms with Gasteiger partial charge in [0.05, 0.1) is 11.4 Å². The summed E-state index contributed by atoms with van der Waals surface area (Å²) in [5.74, 6) is -0.643. The number of para-hydroxylation sites is 1. The van der Waals surface area contributed by atoms with Crippen molar-refractivity contribution in [3.8, 4) is 0 Å². The molecule has 0 atom stereocenters. The first kappa shape index (κ1) is 14.3. The van der Waals surface area contributed by atoms with E-state index >= 15 is 0 Å². The second kappa shape index (κ2) is 5.13. The van der Waals surface area contributed by atoms with Gasteiger partial charge in [-0.1, -0.05) is 18.2 Å². The van der Waals surface area contributed by atoms with Gasteiger partial charge in [-0.2, -0.15) is 0 Å². The lowest BCUT2D eigenvalue weighted by molar-refractivity contribution is 0.590. The topological polar surface area (TPSA) is 63.4 Å². The Bertz CT molecular complexity index is 745. The Kier molecular flexibility index (Phi) is 3.67. The van der Waals surface area contributed by atoms with E-state index in [0.717, 1.165) is 22.0 Å². The summed E-state index contributed by atoms with van der Waals surface area (Å²) in [5.41, 5.74) is 7.00. The van der Waals surface area contributed by atoms with Crippen molar-refractivity contribution >= 4 is 21.4 Å². The van der Waals surface area contributed by atoms with E-state index in [-0.39, 0.29) is 10.6 Å². The smallest absolute Gasteiger partial charge is 0.266 e. The van der Waals surface area contributed by atoms with Crippen LogP contribution < -0.4 is 10.0 Å². The van der Waals surface area contributed by atoms with Crippen molar-refractivity contribution < 1.29 is 12.8 Å². The van der Waals surface area contributed by atoms with Gasteiger partial charge >= 0.3 is 0 Å². The number of anilines is 2. The summed E-state index contributed by atoms with van der Waals surface area (Å²) in [6, 6.07) is 10.3. The number of hydrogen-bond donors (Lipinski definition) is 1. The molecular formula is C14H15FN2O2S. The highest BCUT2D eigenvalue weighted by atomic mass is 32.2. The molecule has 2 N–H and O–H groups in total. The molecule has 2 aromatic rings. The fourth-order valence-electron chi connectivity index (χ4n) is 1.93. The number of nitrogens with zero attached hydrogens (tertiary/aromatic N) is 1. The van der Waals surface area contributed by atoms with E-state index in [1.54, 1.807) is 25.1 Å². The maximum Gasteiger partial charge on any atom is 0.266 e. The van der Waals surface area contributed by atoms with Crippen molar-refractivity contribution in [2.45, 2.75) is 11.8 Å². The highest BCUT2D eigenvalue weighted by Crippen LogP contribution is 2.28. The minimum absolute atomic E-state index is 0.0202. The van der Waals surface area contributed by atoms with Crippen molar-refractivity contribution in [3.05, 3.63) is 53.8 Å². The van der Waals surface area contributed by atoms with Crippen molar-refractivity contribution in [1.82, 2.24) is 0 Å². The molecule has 2 rings (SSSR count). The van der Waals surface area contributed by atoms with Gasteiger partial charge in [-0.3, -0.25) is 4.31 Å². The third-order valence-electron chi connectivity index (χ3n) is 3.07. The predicted octanol–water partition coefficient (Wildman–Crippen LogP) is 2.54. The Hall–Kier alpha value is -2.08. The largest absolute Gasteiger partial charge is 0.398 e. The zero-order valence-corrected chi connectivity index (χ0v) is 12.0. The molecule has 0 aliphatic rings. The first-order valence-corrected chi connectivity index (χ1v) is 7.37. The normalized spacial score (nSPS) is 11.3. The van der Waals surface area contributed by atoms with Crippen LogP contribution in [-0.2, 0) is 10.0 Å². The zero-order chi connectivity index (χ0) is 14.9. The molecule has 0 saturated heterocycles. The van der Waals surface area contributed by atoms with Gasteiger partial charge in [0, 0.05) is 7.05 Å². The molecule has 0 unspecified atom stereocenters. The maximum absolute atomic E-state index is 13.3. The Labute approximate surface area is 117 Å². The molecule has 0 fully saturated rings. The van der Waals surface area contributed by atoms with Gasteiger partial charge in [0.25, 0.3) is 10.0 Å². The van der Waals surface area contributed by atoms with E-state index in [0.29, 0.717) is 5.69 Å². The zero-order valence-electron chi connectivity index (χ0n) is 11.2. The lowest BCUT2D eigenvalue weighted by atomic mass is 10.2. The number of benzene rings is 2. The minimum Gasteiger partial charge on any atom is -0.398 e. The number of sulfonamides is 1. The van der Waals surface area contributed by atoms with Gasteiger partial charge in [0.15, 0.2) is 0 Å². The summed E-state index contributed by atoms with van der Waals surface area (Å²) >= 11 is 0. The van der Waals surface area contributed by atoms with Crippen LogP contribution >= 0.6 is 0 Å². The third-order valence-corrected chi connectivity index (χ3v) is 4.90. The van der Waals surface area contributed by atoms with Crippen LogP contribution in [0.1, 0.15) is 5.56 Å². The number of aryl methyl sites for hydroxylation is 1. The van der Waals surface area contributed by atoms with Crippen molar-refractivity contribution in [2.24, 2.45) is 0 Å². The standard InChI is InChI=1S/C14H15FN2O2S/c1-10-5-3-4-6-13(10)17(2)20(18,19)14-9-11(15)7-8-12(14)16/h3-9H,16H2,1-2H3. The summed E-state index contributed by atoms with van der Waals surface area (Å²) < 4.78 is 39.5. The summed E-state index contributed by atoms with van der Waals surface area (Å²) in [6.07, 6.45) is 0. The van der Waals surface area contributed by atoms with Crippen molar-refractivity contribution in [2.75, 3.05) is 17.1 Å². The van der Waals surface area contributed by atoms with Crippen LogP contribution in [0.15, 0.2) is 47.4 Å². The molecule has 20 heavy (non-hydrogen) atoms. The molecule has 0 amide bonds. The average molecular weight is 294 g/mol. The van der Waals surface area contributed by atoms with Gasteiger partial charge in [-0.05, 0) is 36.8 Å². The molecule has 4 nitrogen and oxygen atoms in total. The van der Waals surface area contributed by atoms with Crippen LogP contribution in [0.2, 0.25) is 0 Å². The number of halogens is 1. The maximum atomic E-state index is 13.3. The summed E-state index contributed by atoms with van der Waals surface area (Å²) in [7, 11) is -2.48. The highest BCUT2D eigenvalue weighted by Gasteiger charge is 2.25. The van der Waals surface area contributed by atoms with Crippen LogP contribution in [0.25, 0.3) is 0 Å². The van der Waals surface area contributed by atoms with Gasteiger partial charge < -0.3 is 5.73 Å². The molecule has 6 heteroatoms. The molecule has 0 aliphatic carbocycles. The summed E-state index contributed by atoms with van der Waals surface area (Å²) in [6.45, 7) is 1.80. The SMILES string of the molecule is Cc1ccccc1N(C)S(=O)(=O)c1cc(F)ccc1N. The van der Waals surface area contributed by atoms with Crippen LogP contribution in [-0.4, -0.2) is 15.5 Å². The van der Waals surface area contributed by atoms with Gasteiger partial charge in [0.1, 0.15) is 10.7 Å². The van der Waals surface area contributed by atoms with Gasteiger partial charge in [-0.15, -0.1) is 0 Å². The fourth-order valence-corrected chi connectivity index (χ4v) is 3.31. The highest BCUT2D eigenvalue weighted by molar-refractivity contribution is 7.93. The van der Waals surface area contributed by atoms with Crippen LogP contribution in [0.4, 0.5) is 15.8 Å². The lowest BCUT2D eigenvalue weighted by Gasteiger charge is -2.22. The third kappa shape index (κ3) is 2.46. The van der Waals surface area contributed by atoms with Crippen LogP contribution in [0.5, 0.6) is 0 Å². The van der Waals surface area contributed by atoms with Crippen molar-refractivity contribution in [3.63, 3.8) is 0 Å². The van der Waals surface area contributed by atoms with E-state index in [9.17, 15) is 12.8 Å². The number of nitrogen functional groups attached to an aromatic ring is 1. The summed E-state index contributed by atoms with van der Waals surface area (Å²) in [5, 5.41) is 0. The first-order valence-electron chi connectivity index (χ1n) is 5.93. The van der Waals surface area contributed by atoms with E-state index in [1.165, 1.54) is 13.1 Å². The molecular weight excluding hydrogens is 279 g/mol. The second-order valence-corrected chi connectivity index (χ2v) is 6.38. The van der Waals surface area contributed by atoms with Crippen LogP contribution in [0, 0.1) is 12.7 Å². The van der Waals surface area contributed by atoms with E-state index in [4.69, 9.17) is 5.73 Å². The van der Waals surface area contributed by atoms with E-state index < -0.39 is 15.8 Å². The monoisotopic (exact) mass is 294 g/mol. The quantitative estimate of drug-likeness (QED) is 0.885. The molecule has 0 heterocycles. The Balaban J connectivity index is 2.56. The summed E-state index contributed by atoms with van der Waals surface area (Å²) in [4.78, 5) is -0.233. The lowest BCUT2D eigenvalue weighted by Crippen LogP contribution is -2.28. The number of rotatable bonds is 3. The Morgan fingerprint density at radius 3 is 2.45 bits per heavy atom. The fraction of sp³-hybridized carbons (Fsp3) is 0.143. The van der Waals surface area contributed by atoms with E-state index in [2.05, 4.69) is 0 Å².